The van der Waals surface area contributed by atoms with Gasteiger partial charge in [-0.3, -0.25) is 4.79 Å². The Kier molecular flexibility index (Phi) is 5.80. The monoisotopic (exact) mass is 317 g/mol. The van der Waals surface area contributed by atoms with Gasteiger partial charge in [0, 0.05) is 6.04 Å². The number of nitrogens with zero attached hydrogens (tertiary/aromatic N) is 1. The molecule has 0 bridgehead atoms. The molecule has 1 heterocycles. The molecule has 1 saturated heterocycles. The minimum atomic E-state index is -0.435. The van der Waals surface area contributed by atoms with Gasteiger partial charge in [-0.1, -0.05) is 18.2 Å². The van der Waals surface area contributed by atoms with Gasteiger partial charge in [-0.2, -0.15) is 0 Å². The van der Waals surface area contributed by atoms with Crippen LogP contribution in [-0.4, -0.2) is 35.5 Å². The van der Waals surface area contributed by atoms with Gasteiger partial charge >= 0.3 is 5.97 Å². The minimum absolute atomic E-state index is 0.0210. The molecule has 0 N–H and O–H groups in total. The molecule has 4 heteroatoms. The number of benzene rings is 1. The average molecular weight is 317 g/mol. The van der Waals surface area contributed by atoms with Crippen molar-refractivity contribution < 1.29 is 14.3 Å². The lowest BCUT2D eigenvalue weighted by molar-refractivity contribution is -0.158. The van der Waals surface area contributed by atoms with Gasteiger partial charge in [0.25, 0.3) is 0 Å². The zero-order valence-corrected chi connectivity index (χ0v) is 14.6. The molecule has 1 amide bonds. The van der Waals surface area contributed by atoms with Crippen LogP contribution in [0, 0.1) is 13.8 Å². The summed E-state index contributed by atoms with van der Waals surface area (Å²) in [5.41, 5.74) is 3.31. The van der Waals surface area contributed by atoms with Crippen LogP contribution in [-0.2, 0) is 20.7 Å². The number of carbonyl (C=O) groups excluding carboxylic acids is 2. The van der Waals surface area contributed by atoms with Crippen LogP contribution in [0.2, 0.25) is 0 Å². The second kappa shape index (κ2) is 7.62. The number of carbonyl (C=O) groups is 2. The number of esters is 1. The van der Waals surface area contributed by atoms with Gasteiger partial charge in [-0.15, -0.1) is 0 Å². The summed E-state index contributed by atoms with van der Waals surface area (Å²) in [6, 6.07) is 5.70. The van der Waals surface area contributed by atoms with E-state index < -0.39 is 6.04 Å². The number of rotatable bonds is 4. The second-order valence-corrected chi connectivity index (χ2v) is 6.40. The molecule has 1 aliphatic rings. The van der Waals surface area contributed by atoms with Crippen LogP contribution in [0.15, 0.2) is 18.2 Å². The van der Waals surface area contributed by atoms with Crippen molar-refractivity contribution in [1.82, 2.24) is 4.90 Å². The Labute approximate surface area is 138 Å². The molecule has 0 radical (unpaired) electrons. The van der Waals surface area contributed by atoms with Crippen molar-refractivity contribution in [3.05, 3.63) is 34.9 Å². The van der Waals surface area contributed by atoms with Gasteiger partial charge in [-0.25, -0.2) is 4.79 Å². The van der Waals surface area contributed by atoms with Crippen LogP contribution in [0.1, 0.15) is 49.8 Å². The topological polar surface area (TPSA) is 46.6 Å². The zero-order chi connectivity index (χ0) is 17.0. The molecule has 1 aromatic carbocycles. The molecule has 0 saturated carbocycles. The maximum absolute atomic E-state index is 12.9. The smallest absolute Gasteiger partial charge is 0.328 e. The zero-order valence-electron chi connectivity index (χ0n) is 14.6. The van der Waals surface area contributed by atoms with E-state index in [1.165, 1.54) is 0 Å². The van der Waals surface area contributed by atoms with Crippen molar-refractivity contribution >= 4 is 11.9 Å². The molecule has 1 aliphatic heterocycles. The van der Waals surface area contributed by atoms with Crippen molar-refractivity contribution in [2.75, 3.05) is 6.61 Å². The van der Waals surface area contributed by atoms with Gasteiger partial charge in [0.1, 0.15) is 6.04 Å². The van der Waals surface area contributed by atoms with Crippen LogP contribution in [0.3, 0.4) is 0 Å². The van der Waals surface area contributed by atoms with Crippen LogP contribution < -0.4 is 0 Å². The van der Waals surface area contributed by atoms with E-state index in [9.17, 15) is 9.59 Å². The van der Waals surface area contributed by atoms with Crippen molar-refractivity contribution in [1.29, 1.82) is 0 Å². The fourth-order valence-corrected chi connectivity index (χ4v) is 3.45. The first-order valence-electron chi connectivity index (χ1n) is 8.48. The van der Waals surface area contributed by atoms with Gasteiger partial charge in [0.05, 0.1) is 13.0 Å². The maximum Gasteiger partial charge on any atom is 0.328 e. The number of ether oxygens (including phenoxy) is 1. The Bertz CT molecular complexity index is 562. The van der Waals surface area contributed by atoms with E-state index in [2.05, 4.69) is 0 Å². The fraction of sp³-hybridized carbons (Fsp3) is 0.579. The molecule has 1 fully saturated rings. The summed E-state index contributed by atoms with van der Waals surface area (Å²) >= 11 is 0. The van der Waals surface area contributed by atoms with E-state index in [0.29, 0.717) is 19.4 Å². The standard InChI is InChI=1S/C19H27NO3/c1-5-23-19(22)17-11-7-10-15(4)20(17)18(21)12-16-13(2)8-6-9-14(16)3/h6,8-9,15,17H,5,7,10-12H2,1-4H3. The van der Waals surface area contributed by atoms with E-state index in [1.54, 1.807) is 11.8 Å². The van der Waals surface area contributed by atoms with Gasteiger partial charge < -0.3 is 9.64 Å². The Morgan fingerprint density at radius 3 is 2.48 bits per heavy atom. The lowest BCUT2D eigenvalue weighted by Crippen LogP contribution is -2.53. The summed E-state index contributed by atoms with van der Waals surface area (Å²) in [7, 11) is 0. The van der Waals surface area contributed by atoms with Crippen LogP contribution >= 0.6 is 0 Å². The lowest BCUT2D eigenvalue weighted by Gasteiger charge is -2.39. The second-order valence-electron chi connectivity index (χ2n) is 6.40. The summed E-state index contributed by atoms with van der Waals surface area (Å²) < 4.78 is 5.17. The Hall–Kier alpha value is -1.84. The lowest BCUT2D eigenvalue weighted by atomic mass is 9.94. The molecule has 0 spiro atoms. The third-order valence-corrected chi connectivity index (χ3v) is 4.73. The Morgan fingerprint density at radius 1 is 1.22 bits per heavy atom. The van der Waals surface area contributed by atoms with Crippen molar-refractivity contribution in [3.63, 3.8) is 0 Å². The van der Waals surface area contributed by atoms with Crippen LogP contribution in [0.4, 0.5) is 0 Å². The summed E-state index contributed by atoms with van der Waals surface area (Å²) in [6.07, 6.45) is 2.94. The number of likely N-dealkylation sites (tertiary alicyclic amines) is 1. The summed E-state index contributed by atoms with van der Waals surface area (Å²) in [5.74, 6) is -0.249. The summed E-state index contributed by atoms with van der Waals surface area (Å²) in [5, 5.41) is 0. The molecular weight excluding hydrogens is 290 g/mol. The first-order chi connectivity index (χ1) is 11.0. The molecule has 2 unspecified atom stereocenters. The minimum Gasteiger partial charge on any atom is -0.464 e. The molecule has 1 aromatic rings. The highest BCUT2D eigenvalue weighted by Gasteiger charge is 2.37. The van der Waals surface area contributed by atoms with Gasteiger partial charge in [-0.05, 0) is 63.6 Å². The fourth-order valence-electron chi connectivity index (χ4n) is 3.45. The molecule has 4 nitrogen and oxygen atoms in total. The van der Waals surface area contributed by atoms with E-state index in [1.807, 2.05) is 39.0 Å². The van der Waals surface area contributed by atoms with E-state index in [0.717, 1.165) is 29.5 Å². The normalized spacial score (nSPS) is 21.1. The number of piperidine rings is 1. The van der Waals surface area contributed by atoms with Crippen LogP contribution in [0.25, 0.3) is 0 Å². The number of amides is 1. The van der Waals surface area contributed by atoms with Gasteiger partial charge in [0.15, 0.2) is 0 Å². The van der Waals surface area contributed by atoms with Crippen molar-refractivity contribution in [2.45, 2.75) is 65.5 Å². The summed E-state index contributed by atoms with van der Waals surface area (Å²) in [6.45, 7) is 8.22. The molecule has 126 valence electrons. The van der Waals surface area contributed by atoms with E-state index in [-0.39, 0.29) is 17.9 Å². The number of hydrogen-bond donors (Lipinski definition) is 0. The quantitative estimate of drug-likeness (QED) is 0.801. The third kappa shape index (κ3) is 3.92. The highest BCUT2D eigenvalue weighted by molar-refractivity contribution is 5.86. The number of aryl methyl sites for hydroxylation is 2. The highest BCUT2D eigenvalue weighted by Crippen LogP contribution is 2.26. The third-order valence-electron chi connectivity index (χ3n) is 4.73. The number of hydrogen-bond acceptors (Lipinski definition) is 3. The maximum atomic E-state index is 12.9. The predicted octanol–water partition coefficient (Wildman–Crippen LogP) is 3.18. The van der Waals surface area contributed by atoms with E-state index in [4.69, 9.17) is 4.74 Å². The summed E-state index contributed by atoms with van der Waals surface area (Å²) in [4.78, 5) is 26.9. The highest BCUT2D eigenvalue weighted by atomic mass is 16.5. The molecule has 23 heavy (non-hydrogen) atoms. The van der Waals surface area contributed by atoms with E-state index >= 15 is 0 Å². The van der Waals surface area contributed by atoms with Crippen molar-refractivity contribution in [3.8, 4) is 0 Å². The molecule has 0 aromatic heterocycles. The Balaban J connectivity index is 2.21. The first-order valence-corrected chi connectivity index (χ1v) is 8.48. The van der Waals surface area contributed by atoms with Crippen LogP contribution in [0.5, 0.6) is 0 Å². The van der Waals surface area contributed by atoms with Gasteiger partial charge in [0.2, 0.25) is 5.91 Å². The SMILES string of the molecule is CCOC(=O)C1CCCC(C)N1C(=O)Cc1c(C)cccc1C. The first kappa shape index (κ1) is 17.5. The molecule has 2 rings (SSSR count). The average Bonchev–Trinajstić information content (AvgIpc) is 2.51. The molecular formula is C19H27NO3. The largest absolute Gasteiger partial charge is 0.464 e. The predicted molar refractivity (Wildman–Crippen MR) is 90.2 cm³/mol. The molecule has 2 atom stereocenters. The Morgan fingerprint density at radius 2 is 1.87 bits per heavy atom. The van der Waals surface area contributed by atoms with Crippen molar-refractivity contribution in [2.24, 2.45) is 0 Å². The molecule has 0 aliphatic carbocycles.